The molecule has 1 fully saturated rings. The molecule has 0 bridgehead atoms. The molecular formula is C11H13NO. The maximum Gasteiger partial charge on any atom is 0.119 e. The third-order valence-electron chi connectivity index (χ3n) is 2.22. The van der Waals surface area contributed by atoms with Crippen molar-refractivity contribution < 1.29 is 4.74 Å². The summed E-state index contributed by atoms with van der Waals surface area (Å²) < 4.78 is 5.14. The predicted molar refractivity (Wildman–Crippen MR) is 52.5 cm³/mol. The van der Waals surface area contributed by atoms with Gasteiger partial charge in [0.25, 0.3) is 0 Å². The summed E-state index contributed by atoms with van der Waals surface area (Å²) in [5.41, 5.74) is 2.50. The Morgan fingerprint density at radius 2 is 2.31 bits per heavy atom. The second-order valence-corrected chi connectivity index (χ2v) is 3.27. The van der Waals surface area contributed by atoms with Gasteiger partial charge in [0, 0.05) is 12.2 Å². The zero-order chi connectivity index (χ0) is 9.26. The molecule has 13 heavy (non-hydrogen) atoms. The fraction of sp³-hybridized carbons (Fsp3) is 0.273. The van der Waals surface area contributed by atoms with Crippen LogP contribution in [0.1, 0.15) is 5.56 Å². The topological polar surface area (TPSA) is 12.2 Å². The predicted octanol–water partition coefficient (Wildman–Crippen LogP) is 2.02. The van der Waals surface area contributed by atoms with Crippen LogP contribution in [0.3, 0.4) is 0 Å². The van der Waals surface area contributed by atoms with Crippen LogP contribution in [0.25, 0.3) is 0 Å². The van der Waals surface area contributed by atoms with Crippen LogP contribution in [0.15, 0.2) is 36.5 Å². The molecule has 1 saturated heterocycles. The summed E-state index contributed by atoms with van der Waals surface area (Å²) in [4.78, 5) is 2.23. The van der Waals surface area contributed by atoms with E-state index >= 15 is 0 Å². The Morgan fingerprint density at radius 3 is 2.92 bits per heavy atom. The first-order valence-electron chi connectivity index (χ1n) is 4.35. The third-order valence-corrected chi connectivity index (χ3v) is 2.22. The monoisotopic (exact) mass is 175 g/mol. The van der Waals surface area contributed by atoms with Gasteiger partial charge in [0.05, 0.1) is 13.7 Å². The highest BCUT2D eigenvalue weighted by Crippen LogP contribution is 2.24. The lowest BCUT2D eigenvalue weighted by molar-refractivity contribution is 0.413. The van der Waals surface area contributed by atoms with Gasteiger partial charge in [0.1, 0.15) is 5.75 Å². The molecule has 2 heteroatoms. The minimum atomic E-state index is 0.921. The van der Waals surface area contributed by atoms with Crippen molar-refractivity contribution >= 4 is 0 Å². The molecule has 2 nitrogen and oxygen atoms in total. The lowest BCUT2D eigenvalue weighted by Crippen LogP contribution is -1.96. The van der Waals surface area contributed by atoms with Crippen LogP contribution in [0.5, 0.6) is 5.75 Å². The third kappa shape index (κ3) is 1.83. The molecule has 0 aromatic heterocycles. The molecule has 0 radical (unpaired) electrons. The standard InChI is InChI=1S/C11H13NO/c1-9-7-12(9)8-10-4-3-5-11(6-10)13-2/h3-6H,1,7-8H2,2H3. The Morgan fingerprint density at radius 1 is 1.54 bits per heavy atom. The molecule has 0 atom stereocenters. The van der Waals surface area contributed by atoms with Crippen LogP contribution in [0, 0.1) is 0 Å². The van der Waals surface area contributed by atoms with E-state index in [-0.39, 0.29) is 0 Å². The molecule has 0 saturated carbocycles. The quantitative estimate of drug-likeness (QED) is 0.651. The molecule has 1 aliphatic heterocycles. The zero-order valence-electron chi connectivity index (χ0n) is 7.79. The highest BCUT2D eigenvalue weighted by molar-refractivity contribution is 5.30. The van der Waals surface area contributed by atoms with Crippen LogP contribution in [-0.4, -0.2) is 18.6 Å². The van der Waals surface area contributed by atoms with E-state index in [0.717, 1.165) is 18.8 Å². The van der Waals surface area contributed by atoms with Crippen molar-refractivity contribution in [2.24, 2.45) is 0 Å². The van der Waals surface area contributed by atoms with Crippen LogP contribution in [0.4, 0.5) is 0 Å². The molecule has 2 rings (SSSR count). The molecule has 0 aliphatic carbocycles. The van der Waals surface area contributed by atoms with Crippen molar-refractivity contribution in [2.45, 2.75) is 6.54 Å². The Hall–Kier alpha value is -1.44. The Labute approximate surface area is 78.4 Å². The van der Waals surface area contributed by atoms with Crippen LogP contribution < -0.4 is 4.74 Å². The number of benzene rings is 1. The van der Waals surface area contributed by atoms with Gasteiger partial charge in [0.2, 0.25) is 0 Å². The SMILES string of the molecule is C=C1CN1Cc1cccc(OC)c1. The van der Waals surface area contributed by atoms with Gasteiger partial charge in [-0.25, -0.2) is 0 Å². The Bertz CT molecular complexity index is 333. The largest absolute Gasteiger partial charge is 0.497 e. The average molecular weight is 175 g/mol. The van der Waals surface area contributed by atoms with Gasteiger partial charge in [-0.05, 0) is 17.7 Å². The number of hydrogen-bond acceptors (Lipinski definition) is 2. The molecule has 0 unspecified atom stereocenters. The molecule has 0 N–H and O–H groups in total. The van der Waals surface area contributed by atoms with E-state index in [9.17, 15) is 0 Å². The Kier molecular flexibility index (Phi) is 1.97. The van der Waals surface area contributed by atoms with E-state index in [1.807, 2.05) is 12.1 Å². The maximum absolute atomic E-state index is 5.14. The fourth-order valence-electron chi connectivity index (χ4n) is 1.34. The summed E-state index contributed by atoms with van der Waals surface area (Å²) in [6.45, 7) is 5.87. The minimum absolute atomic E-state index is 0.921. The lowest BCUT2D eigenvalue weighted by Gasteiger charge is -2.04. The summed E-state index contributed by atoms with van der Waals surface area (Å²) in [5.74, 6) is 0.921. The molecule has 1 aromatic carbocycles. The van der Waals surface area contributed by atoms with Crippen molar-refractivity contribution in [3.63, 3.8) is 0 Å². The van der Waals surface area contributed by atoms with Gasteiger partial charge < -0.3 is 9.64 Å². The Balaban J connectivity index is 2.07. The zero-order valence-corrected chi connectivity index (χ0v) is 7.79. The highest BCUT2D eigenvalue weighted by atomic mass is 16.5. The van der Waals surface area contributed by atoms with Crippen molar-refractivity contribution in [1.82, 2.24) is 4.90 Å². The molecule has 68 valence electrons. The smallest absolute Gasteiger partial charge is 0.119 e. The van der Waals surface area contributed by atoms with Crippen LogP contribution in [0.2, 0.25) is 0 Å². The van der Waals surface area contributed by atoms with Crippen molar-refractivity contribution in [2.75, 3.05) is 13.7 Å². The van der Waals surface area contributed by atoms with Gasteiger partial charge in [-0.2, -0.15) is 0 Å². The summed E-state index contributed by atoms with van der Waals surface area (Å²) in [6.07, 6.45) is 0. The van der Waals surface area contributed by atoms with Gasteiger partial charge >= 0.3 is 0 Å². The number of nitrogens with zero attached hydrogens (tertiary/aromatic N) is 1. The molecule has 0 spiro atoms. The summed E-state index contributed by atoms with van der Waals surface area (Å²) >= 11 is 0. The minimum Gasteiger partial charge on any atom is -0.497 e. The van der Waals surface area contributed by atoms with Gasteiger partial charge in [-0.1, -0.05) is 18.7 Å². The van der Waals surface area contributed by atoms with Crippen LogP contribution in [-0.2, 0) is 6.54 Å². The second kappa shape index (κ2) is 3.13. The van der Waals surface area contributed by atoms with E-state index < -0.39 is 0 Å². The number of rotatable bonds is 3. The molecular weight excluding hydrogens is 162 g/mol. The van der Waals surface area contributed by atoms with E-state index in [4.69, 9.17) is 4.74 Å². The lowest BCUT2D eigenvalue weighted by atomic mass is 10.2. The molecule has 1 aromatic rings. The summed E-state index contributed by atoms with van der Waals surface area (Å²) in [7, 11) is 1.69. The van der Waals surface area contributed by atoms with Gasteiger partial charge in [0.15, 0.2) is 0 Å². The van der Waals surface area contributed by atoms with E-state index in [1.54, 1.807) is 7.11 Å². The summed E-state index contributed by atoms with van der Waals surface area (Å²) in [6, 6.07) is 8.14. The fourth-order valence-corrected chi connectivity index (χ4v) is 1.34. The summed E-state index contributed by atoms with van der Waals surface area (Å²) in [5, 5.41) is 0. The second-order valence-electron chi connectivity index (χ2n) is 3.27. The van der Waals surface area contributed by atoms with Gasteiger partial charge in [-0.3, -0.25) is 0 Å². The van der Waals surface area contributed by atoms with E-state index in [0.29, 0.717) is 0 Å². The molecule has 1 heterocycles. The first-order chi connectivity index (χ1) is 6.29. The molecule has 1 aliphatic rings. The van der Waals surface area contributed by atoms with Crippen LogP contribution >= 0.6 is 0 Å². The first-order valence-corrected chi connectivity index (χ1v) is 4.35. The normalized spacial score (nSPS) is 14.5. The highest BCUT2D eigenvalue weighted by Gasteiger charge is 2.21. The van der Waals surface area contributed by atoms with Crippen molar-refractivity contribution in [3.05, 3.63) is 42.1 Å². The molecule has 0 amide bonds. The van der Waals surface area contributed by atoms with Crippen molar-refractivity contribution in [1.29, 1.82) is 0 Å². The van der Waals surface area contributed by atoms with E-state index in [1.165, 1.54) is 11.3 Å². The maximum atomic E-state index is 5.14. The number of hydrogen-bond donors (Lipinski definition) is 0. The average Bonchev–Trinajstić information content (AvgIpc) is 2.82. The number of ether oxygens (including phenoxy) is 1. The van der Waals surface area contributed by atoms with Gasteiger partial charge in [-0.15, -0.1) is 0 Å². The first kappa shape index (κ1) is 8.17. The van der Waals surface area contributed by atoms with E-state index in [2.05, 4.69) is 23.6 Å². The van der Waals surface area contributed by atoms with Crippen molar-refractivity contribution in [3.8, 4) is 5.75 Å². The number of methoxy groups -OCH3 is 1.